The minimum atomic E-state index is -3.62. The minimum absolute atomic E-state index is 0.0820. The molecular formula is C22H27FN6O2S. The third kappa shape index (κ3) is 5.32. The number of nitrogens with two attached hydrogens (primary N) is 1. The van der Waals surface area contributed by atoms with Crippen LogP contribution in [0.2, 0.25) is 0 Å². The van der Waals surface area contributed by atoms with Crippen molar-refractivity contribution in [2.45, 2.75) is 30.6 Å². The molecule has 0 saturated heterocycles. The molecule has 0 bridgehead atoms. The van der Waals surface area contributed by atoms with Crippen molar-refractivity contribution in [3.05, 3.63) is 54.3 Å². The lowest BCUT2D eigenvalue weighted by Gasteiger charge is -2.28. The van der Waals surface area contributed by atoms with Gasteiger partial charge in [0.2, 0.25) is 16.0 Å². The van der Waals surface area contributed by atoms with Gasteiger partial charge in [-0.3, -0.25) is 0 Å². The molecule has 1 heterocycles. The van der Waals surface area contributed by atoms with Crippen LogP contribution < -0.4 is 21.3 Å². The summed E-state index contributed by atoms with van der Waals surface area (Å²) in [6, 6.07) is 12.5. The summed E-state index contributed by atoms with van der Waals surface area (Å²) >= 11 is 0. The van der Waals surface area contributed by atoms with Crippen molar-refractivity contribution in [2.24, 2.45) is 17.7 Å². The van der Waals surface area contributed by atoms with Gasteiger partial charge in [0, 0.05) is 18.5 Å². The van der Waals surface area contributed by atoms with Crippen molar-refractivity contribution in [1.82, 2.24) is 14.7 Å². The molecule has 1 aliphatic carbocycles. The van der Waals surface area contributed by atoms with Crippen LogP contribution in [0.1, 0.15) is 25.7 Å². The number of hydrogen-bond donors (Lipinski definition) is 4. The molecule has 0 spiro atoms. The van der Waals surface area contributed by atoms with Gasteiger partial charge in [0.05, 0.1) is 10.4 Å². The maximum absolute atomic E-state index is 13.0. The normalized spacial score (nSPS) is 19.1. The molecule has 3 aromatic rings. The first kappa shape index (κ1) is 22.4. The van der Waals surface area contributed by atoms with Gasteiger partial charge in [0.25, 0.3) is 0 Å². The zero-order chi connectivity index (χ0) is 22.6. The second-order valence-electron chi connectivity index (χ2n) is 8.13. The third-order valence-corrected chi connectivity index (χ3v) is 7.38. The Balaban J connectivity index is 1.26. The molecule has 4 rings (SSSR count). The van der Waals surface area contributed by atoms with Gasteiger partial charge in [0.1, 0.15) is 5.82 Å². The number of halogens is 1. The molecule has 2 aromatic carbocycles. The van der Waals surface area contributed by atoms with Gasteiger partial charge in [-0.1, -0.05) is 12.1 Å². The van der Waals surface area contributed by atoms with Gasteiger partial charge >= 0.3 is 0 Å². The first-order valence-electron chi connectivity index (χ1n) is 10.7. The van der Waals surface area contributed by atoms with Crippen molar-refractivity contribution in [3.8, 4) is 0 Å². The summed E-state index contributed by atoms with van der Waals surface area (Å²) in [5.74, 6) is 7.01. The van der Waals surface area contributed by atoms with Gasteiger partial charge in [0.15, 0.2) is 5.82 Å². The monoisotopic (exact) mass is 458 g/mol. The molecule has 5 N–H and O–H groups in total. The summed E-state index contributed by atoms with van der Waals surface area (Å²) in [4.78, 5) is 9.09. The topological polar surface area (TPSA) is 122 Å². The molecule has 0 amide bonds. The lowest BCUT2D eigenvalue weighted by Crippen LogP contribution is -2.32. The van der Waals surface area contributed by atoms with E-state index in [-0.39, 0.29) is 10.8 Å². The second kappa shape index (κ2) is 9.76. The highest BCUT2D eigenvalue weighted by Gasteiger charge is 2.23. The fourth-order valence-electron chi connectivity index (χ4n) is 4.07. The number of nitrogen functional groups attached to an aromatic ring is 1. The van der Waals surface area contributed by atoms with Crippen molar-refractivity contribution in [2.75, 3.05) is 23.8 Å². The van der Waals surface area contributed by atoms with Crippen LogP contribution in [0.4, 0.5) is 16.2 Å². The molecule has 32 heavy (non-hydrogen) atoms. The molecule has 170 valence electrons. The molecule has 0 aliphatic heterocycles. The first-order chi connectivity index (χ1) is 15.4. The molecule has 1 fully saturated rings. The maximum atomic E-state index is 13.0. The van der Waals surface area contributed by atoms with Crippen LogP contribution in [-0.2, 0) is 10.0 Å². The number of nitrogens with zero attached hydrogens (tertiary/aromatic N) is 2. The average molecular weight is 459 g/mol. The zero-order valence-corrected chi connectivity index (χ0v) is 18.4. The van der Waals surface area contributed by atoms with E-state index in [1.165, 1.54) is 12.1 Å². The smallest absolute Gasteiger partial charge is 0.240 e. The van der Waals surface area contributed by atoms with Gasteiger partial charge in [-0.2, -0.15) is 4.98 Å². The molecule has 0 radical (unpaired) electrons. The molecule has 1 aromatic heterocycles. The van der Waals surface area contributed by atoms with E-state index in [0.717, 1.165) is 55.3 Å². The van der Waals surface area contributed by atoms with Gasteiger partial charge in [-0.15, -0.1) is 0 Å². The van der Waals surface area contributed by atoms with Gasteiger partial charge < -0.3 is 10.7 Å². The van der Waals surface area contributed by atoms with E-state index < -0.39 is 15.8 Å². The quantitative estimate of drug-likeness (QED) is 0.302. The second-order valence-corrected chi connectivity index (χ2v) is 9.90. The first-order valence-corrected chi connectivity index (χ1v) is 12.2. The van der Waals surface area contributed by atoms with Crippen LogP contribution in [0.15, 0.2) is 53.4 Å². The summed E-state index contributed by atoms with van der Waals surface area (Å²) < 4.78 is 40.5. The summed E-state index contributed by atoms with van der Waals surface area (Å²) in [5.41, 5.74) is 3.44. The number of hydrogen-bond acceptors (Lipinski definition) is 7. The number of aromatic nitrogens is 2. The molecule has 0 unspecified atom stereocenters. The maximum Gasteiger partial charge on any atom is 0.240 e. The Labute approximate surface area is 186 Å². The highest BCUT2D eigenvalue weighted by atomic mass is 32.2. The van der Waals surface area contributed by atoms with Crippen molar-refractivity contribution in [1.29, 1.82) is 0 Å². The van der Waals surface area contributed by atoms with E-state index in [1.807, 2.05) is 24.3 Å². The zero-order valence-electron chi connectivity index (χ0n) is 17.6. The Bertz CT molecular complexity index is 1160. The predicted molar refractivity (Wildman–Crippen MR) is 123 cm³/mol. The van der Waals surface area contributed by atoms with Crippen molar-refractivity contribution >= 4 is 32.7 Å². The number of hydrazine groups is 1. The molecule has 10 heteroatoms. The standard InChI is InChI=1S/C22H27FN6O2S/c23-17-9-11-18(12-10-17)32(30,31)26-14-16-7-5-15(6-8-16)13-25-22-27-20-4-2-1-3-19(20)21(28-22)29-24/h1-4,9-12,15-16,26H,5-8,13-14,24H2,(H2,25,27,28,29). The lowest BCUT2D eigenvalue weighted by molar-refractivity contribution is 0.284. The Kier molecular flexibility index (Phi) is 6.83. The van der Waals surface area contributed by atoms with Crippen LogP contribution in [0.3, 0.4) is 0 Å². The average Bonchev–Trinajstić information content (AvgIpc) is 2.82. The Morgan fingerprint density at radius 1 is 0.938 bits per heavy atom. The number of nitrogens with one attached hydrogen (secondary N) is 3. The molecule has 0 atom stereocenters. The number of fused-ring (bicyclic) bond motifs is 1. The van der Waals surface area contributed by atoms with Crippen LogP contribution in [0, 0.1) is 17.7 Å². The van der Waals surface area contributed by atoms with E-state index >= 15 is 0 Å². The number of benzene rings is 2. The molecule has 1 aliphatic rings. The minimum Gasteiger partial charge on any atom is -0.354 e. The van der Waals surface area contributed by atoms with Gasteiger partial charge in [-0.25, -0.2) is 28.4 Å². The van der Waals surface area contributed by atoms with E-state index in [2.05, 4.69) is 25.4 Å². The number of sulfonamides is 1. The fourth-order valence-corrected chi connectivity index (χ4v) is 5.18. The van der Waals surface area contributed by atoms with Crippen LogP contribution in [-0.4, -0.2) is 31.5 Å². The summed E-state index contributed by atoms with van der Waals surface area (Å²) in [7, 11) is -3.62. The summed E-state index contributed by atoms with van der Waals surface area (Å²) in [5, 5.41) is 4.18. The Morgan fingerprint density at radius 3 is 2.28 bits per heavy atom. The largest absolute Gasteiger partial charge is 0.354 e. The van der Waals surface area contributed by atoms with E-state index in [4.69, 9.17) is 5.84 Å². The van der Waals surface area contributed by atoms with E-state index in [0.29, 0.717) is 24.2 Å². The van der Waals surface area contributed by atoms with Crippen LogP contribution >= 0.6 is 0 Å². The van der Waals surface area contributed by atoms with E-state index in [9.17, 15) is 12.8 Å². The van der Waals surface area contributed by atoms with E-state index in [1.54, 1.807) is 0 Å². The summed E-state index contributed by atoms with van der Waals surface area (Å²) in [6.07, 6.45) is 3.86. The molecular weight excluding hydrogens is 431 g/mol. The predicted octanol–water partition coefficient (Wildman–Crippen LogP) is 3.25. The SMILES string of the molecule is NNc1nc(NCC2CCC(CNS(=O)(=O)c3ccc(F)cc3)CC2)nc2ccccc12. The van der Waals surface area contributed by atoms with Gasteiger partial charge in [-0.05, 0) is 73.9 Å². The molecule has 1 saturated carbocycles. The third-order valence-electron chi connectivity index (χ3n) is 5.94. The number of para-hydroxylation sites is 1. The molecule has 8 nitrogen and oxygen atoms in total. The Morgan fingerprint density at radius 2 is 1.59 bits per heavy atom. The highest BCUT2D eigenvalue weighted by molar-refractivity contribution is 7.89. The number of anilines is 2. The van der Waals surface area contributed by atoms with Crippen LogP contribution in [0.5, 0.6) is 0 Å². The highest BCUT2D eigenvalue weighted by Crippen LogP contribution is 2.29. The fraction of sp³-hybridized carbons (Fsp3) is 0.364. The van der Waals surface area contributed by atoms with Crippen molar-refractivity contribution < 1.29 is 12.8 Å². The van der Waals surface area contributed by atoms with Crippen molar-refractivity contribution in [3.63, 3.8) is 0 Å². The summed E-state index contributed by atoms with van der Waals surface area (Å²) in [6.45, 7) is 1.13. The Hall–Kier alpha value is -2.82. The lowest BCUT2D eigenvalue weighted by atomic mass is 9.82. The van der Waals surface area contributed by atoms with Crippen LogP contribution in [0.25, 0.3) is 10.9 Å². The number of rotatable bonds is 8.